The van der Waals surface area contributed by atoms with Crippen LogP contribution in [-0.4, -0.2) is 41.5 Å². The van der Waals surface area contributed by atoms with Gasteiger partial charge in [0.15, 0.2) is 0 Å². The van der Waals surface area contributed by atoms with E-state index < -0.39 is 0 Å². The Labute approximate surface area is 125 Å². The Kier molecular flexibility index (Phi) is 6.13. The van der Waals surface area contributed by atoms with E-state index in [1.165, 1.54) is 40.0 Å². The van der Waals surface area contributed by atoms with Crippen LogP contribution in [0.3, 0.4) is 0 Å². The van der Waals surface area contributed by atoms with Crippen LogP contribution in [0.4, 0.5) is 0 Å². The Morgan fingerprint density at radius 3 is 2.95 bits per heavy atom. The normalized spacial score (nSPS) is 20.9. The zero-order chi connectivity index (χ0) is 13.7. The van der Waals surface area contributed by atoms with Crippen LogP contribution in [0.15, 0.2) is 0 Å². The molecular formula is C14H25N3S2. The maximum atomic E-state index is 4.95. The quantitative estimate of drug-likeness (QED) is 0.874. The molecule has 0 spiro atoms. The summed E-state index contributed by atoms with van der Waals surface area (Å²) in [7, 11) is 2.23. The lowest BCUT2D eigenvalue weighted by atomic mass is 10.2. The summed E-state index contributed by atoms with van der Waals surface area (Å²) in [4.78, 5) is 8.86. The van der Waals surface area contributed by atoms with Gasteiger partial charge >= 0.3 is 0 Å². The van der Waals surface area contributed by atoms with E-state index in [1.807, 2.05) is 11.3 Å². The molecule has 1 aromatic rings. The first-order chi connectivity index (χ1) is 9.26. The van der Waals surface area contributed by atoms with E-state index in [9.17, 15) is 0 Å². The van der Waals surface area contributed by atoms with Crippen LogP contribution in [-0.2, 0) is 13.0 Å². The number of hydrogen-bond acceptors (Lipinski definition) is 5. The minimum atomic E-state index is 0.523. The van der Waals surface area contributed by atoms with Gasteiger partial charge in [0.2, 0.25) is 0 Å². The van der Waals surface area contributed by atoms with Gasteiger partial charge in [-0.2, -0.15) is 11.8 Å². The van der Waals surface area contributed by atoms with E-state index >= 15 is 0 Å². The van der Waals surface area contributed by atoms with Crippen LogP contribution in [0, 0.1) is 0 Å². The summed E-state index contributed by atoms with van der Waals surface area (Å²) in [6.45, 7) is 7.58. The summed E-state index contributed by atoms with van der Waals surface area (Å²) in [6, 6.07) is 0.523. The highest BCUT2D eigenvalue weighted by Crippen LogP contribution is 2.32. The molecule has 5 heteroatoms. The molecule has 2 heterocycles. The lowest BCUT2D eigenvalue weighted by Gasteiger charge is -2.30. The van der Waals surface area contributed by atoms with Crippen molar-refractivity contribution >= 4 is 23.1 Å². The van der Waals surface area contributed by atoms with Gasteiger partial charge in [0.05, 0.1) is 11.7 Å². The third kappa shape index (κ3) is 3.94. The number of rotatable bonds is 6. The number of nitrogens with zero attached hydrogens (tertiary/aromatic N) is 2. The predicted octanol–water partition coefficient (Wildman–Crippen LogP) is 2.92. The Morgan fingerprint density at radius 2 is 2.26 bits per heavy atom. The number of thioether (sulfide) groups is 1. The predicted molar refractivity (Wildman–Crippen MR) is 86.2 cm³/mol. The Balaban J connectivity index is 2.15. The lowest BCUT2D eigenvalue weighted by Crippen LogP contribution is -2.32. The highest BCUT2D eigenvalue weighted by atomic mass is 32.2. The van der Waals surface area contributed by atoms with Gasteiger partial charge in [-0.05, 0) is 20.0 Å². The largest absolute Gasteiger partial charge is 0.312 e. The van der Waals surface area contributed by atoms with Gasteiger partial charge in [0.1, 0.15) is 5.01 Å². The number of thiazole rings is 1. The molecule has 0 radical (unpaired) electrons. The van der Waals surface area contributed by atoms with Crippen molar-refractivity contribution in [3.05, 3.63) is 15.6 Å². The number of aryl methyl sites for hydroxylation is 1. The molecule has 1 atom stereocenters. The number of aromatic nitrogens is 1. The van der Waals surface area contributed by atoms with Crippen molar-refractivity contribution in [3.63, 3.8) is 0 Å². The first-order valence-electron chi connectivity index (χ1n) is 7.23. The van der Waals surface area contributed by atoms with Crippen molar-refractivity contribution in [3.8, 4) is 0 Å². The van der Waals surface area contributed by atoms with Crippen molar-refractivity contribution in [1.82, 2.24) is 15.2 Å². The van der Waals surface area contributed by atoms with Gasteiger partial charge in [-0.15, -0.1) is 11.3 Å². The van der Waals surface area contributed by atoms with Gasteiger partial charge in [-0.25, -0.2) is 4.98 Å². The zero-order valence-electron chi connectivity index (χ0n) is 12.2. The summed E-state index contributed by atoms with van der Waals surface area (Å²) in [6.07, 6.45) is 2.29. The molecule has 1 N–H and O–H groups in total. The molecule has 19 heavy (non-hydrogen) atoms. The summed E-state index contributed by atoms with van der Waals surface area (Å²) >= 11 is 3.98. The molecule has 2 rings (SSSR count). The van der Waals surface area contributed by atoms with E-state index in [1.54, 1.807) is 0 Å². The SMILES string of the molecule is CCCc1nc(C2CSCCN2C)sc1CNCC. The highest BCUT2D eigenvalue weighted by molar-refractivity contribution is 7.99. The van der Waals surface area contributed by atoms with Crippen molar-refractivity contribution < 1.29 is 0 Å². The van der Waals surface area contributed by atoms with E-state index in [0.29, 0.717) is 6.04 Å². The topological polar surface area (TPSA) is 28.2 Å². The fourth-order valence-corrected chi connectivity index (χ4v) is 4.87. The molecule has 1 aromatic heterocycles. The van der Waals surface area contributed by atoms with Crippen molar-refractivity contribution in [2.24, 2.45) is 0 Å². The fourth-order valence-electron chi connectivity index (χ4n) is 2.30. The fraction of sp³-hybridized carbons (Fsp3) is 0.786. The highest BCUT2D eigenvalue weighted by Gasteiger charge is 2.25. The second kappa shape index (κ2) is 7.62. The Morgan fingerprint density at radius 1 is 1.42 bits per heavy atom. The molecule has 0 bridgehead atoms. The second-order valence-electron chi connectivity index (χ2n) is 5.02. The van der Waals surface area contributed by atoms with Gasteiger partial charge in [-0.1, -0.05) is 20.3 Å². The van der Waals surface area contributed by atoms with Crippen LogP contribution in [0.5, 0.6) is 0 Å². The molecule has 0 aromatic carbocycles. The number of hydrogen-bond donors (Lipinski definition) is 1. The van der Waals surface area contributed by atoms with Crippen LogP contribution in [0.1, 0.15) is 41.9 Å². The molecule has 3 nitrogen and oxygen atoms in total. The standard InChI is InChI=1S/C14H25N3S2/c1-4-6-11-13(9-15-5-2)19-14(16-11)12-10-18-8-7-17(12)3/h12,15H,4-10H2,1-3H3. The van der Waals surface area contributed by atoms with Gasteiger partial charge in [0, 0.05) is 29.5 Å². The molecule has 1 unspecified atom stereocenters. The average molecular weight is 300 g/mol. The molecule has 1 aliphatic heterocycles. The van der Waals surface area contributed by atoms with E-state index in [0.717, 1.165) is 19.5 Å². The summed E-state index contributed by atoms with van der Waals surface area (Å²) in [5.74, 6) is 2.45. The molecule has 0 aliphatic carbocycles. The maximum absolute atomic E-state index is 4.95. The minimum absolute atomic E-state index is 0.523. The van der Waals surface area contributed by atoms with E-state index in [-0.39, 0.29) is 0 Å². The summed E-state index contributed by atoms with van der Waals surface area (Å²) in [5.41, 5.74) is 1.33. The number of nitrogens with one attached hydrogen (secondary N) is 1. The van der Waals surface area contributed by atoms with E-state index in [4.69, 9.17) is 4.98 Å². The zero-order valence-corrected chi connectivity index (χ0v) is 13.9. The molecule has 108 valence electrons. The van der Waals surface area contributed by atoms with Crippen LogP contribution >= 0.6 is 23.1 Å². The first kappa shape index (κ1) is 15.3. The average Bonchev–Trinajstić information content (AvgIpc) is 2.80. The minimum Gasteiger partial charge on any atom is -0.312 e. The Hall–Kier alpha value is -0.100. The summed E-state index contributed by atoms with van der Waals surface area (Å²) < 4.78 is 0. The molecule has 1 aliphatic rings. The Bertz CT molecular complexity index is 392. The smallest absolute Gasteiger partial charge is 0.111 e. The maximum Gasteiger partial charge on any atom is 0.111 e. The molecular weight excluding hydrogens is 274 g/mol. The van der Waals surface area contributed by atoms with Gasteiger partial charge in [0.25, 0.3) is 0 Å². The molecule has 1 saturated heterocycles. The lowest BCUT2D eigenvalue weighted by molar-refractivity contribution is 0.274. The monoisotopic (exact) mass is 299 g/mol. The molecule has 1 fully saturated rings. The second-order valence-corrected chi connectivity index (χ2v) is 7.29. The van der Waals surface area contributed by atoms with Crippen molar-refractivity contribution in [2.75, 3.05) is 31.6 Å². The molecule has 0 saturated carbocycles. The third-order valence-electron chi connectivity index (χ3n) is 3.50. The van der Waals surface area contributed by atoms with Crippen LogP contribution in [0.25, 0.3) is 0 Å². The van der Waals surface area contributed by atoms with Crippen LogP contribution < -0.4 is 5.32 Å². The summed E-state index contributed by atoms with van der Waals surface area (Å²) in [5, 5.41) is 4.77. The van der Waals surface area contributed by atoms with E-state index in [2.05, 4.69) is 42.9 Å². The van der Waals surface area contributed by atoms with Crippen LogP contribution in [0.2, 0.25) is 0 Å². The first-order valence-corrected chi connectivity index (χ1v) is 9.20. The van der Waals surface area contributed by atoms with Crippen molar-refractivity contribution in [2.45, 2.75) is 39.3 Å². The van der Waals surface area contributed by atoms with Gasteiger partial charge in [-0.3, -0.25) is 4.90 Å². The van der Waals surface area contributed by atoms with Gasteiger partial charge < -0.3 is 5.32 Å². The molecule has 0 amide bonds. The van der Waals surface area contributed by atoms with Crippen molar-refractivity contribution in [1.29, 1.82) is 0 Å². The third-order valence-corrected chi connectivity index (χ3v) is 5.72.